The lowest BCUT2D eigenvalue weighted by molar-refractivity contribution is -0.122. The molecule has 0 aliphatic rings. The largest absolute Gasteiger partial charge is 0.325 e. The van der Waals surface area contributed by atoms with Gasteiger partial charge in [-0.25, -0.2) is 0 Å². The average molecular weight is 382 g/mol. The van der Waals surface area contributed by atoms with Crippen LogP contribution in [0.1, 0.15) is 44.2 Å². The van der Waals surface area contributed by atoms with Crippen LogP contribution >= 0.6 is 0 Å². The summed E-state index contributed by atoms with van der Waals surface area (Å²) < 4.78 is 0. The van der Waals surface area contributed by atoms with Crippen molar-refractivity contribution in [3.63, 3.8) is 0 Å². The van der Waals surface area contributed by atoms with Crippen LogP contribution in [0.3, 0.4) is 0 Å². The summed E-state index contributed by atoms with van der Waals surface area (Å²) in [6.45, 7) is 8.22. The number of rotatable bonds is 8. The van der Waals surface area contributed by atoms with E-state index in [0.29, 0.717) is 5.92 Å². The van der Waals surface area contributed by atoms with Crippen LogP contribution < -0.4 is 10.6 Å². The van der Waals surface area contributed by atoms with Crippen LogP contribution in [0.2, 0.25) is 0 Å². The fourth-order valence-corrected chi connectivity index (χ4v) is 2.90. The minimum atomic E-state index is -0.436. The lowest BCUT2D eigenvalue weighted by Crippen LogP contribution is -2.43. The molecule has 2 N–H and O–H groups in total. The SMILES string of the molecule is CC[C@@H](C)c1ccccc1NC(=O)[C@H](C)N(C)CC(=O)Nc1ccc(C)cc1. The van der Waals surface area contributed by atoms with Gasteiger partial charge in [-0.3, -0.25) is 14.5 Å². The molecule has 0 saturated heterocycles. The molecule has 2 aromatic rings. The monoisotopic (exact) mass is 381 g/mol. The molecule has 5 nitrogen and oxygen atoms in total. The Morgan fingerprint density at radius 3 is 2.29 bits per heavy atom. The molecule has 2 aromatic carbocycles. The number of anilines is 2. The first-order valence-corrected chi connectivity index (χ1v) is 9.78. The molecule has 28 heavy (non-hydrogen) atoms. The molecule has 0 aliphatic carbocycles. The number of nitrogens with one attached hydrogen (secondary N) is 2. The van der Waals surface area contributed by atoms with Crippen LogP contribution in [0.4, 0.5) is 11.4 Å². The van der Waals surface area contributed by atoms with Gasteiger partial charge in [0.1, 0.15) is 0 Å². The quantitative estimate of drug-likeness (QED) is 0.712. The van der Waals surface area contributed by atoms with Gasteiger partial charge in [0, 0.05) is 11.4 Å². The number of amides is 2. The van der Waals surface area contributed by atoms with E-state index in [9.17, 15) is 9.59 Å². The molecule has 0 fully saturated rings. The summed E-state index contributed by atoms with van der Waals surface area (Å²) in [6.07, 6.45) is 1.00. The summed E-state index contributed by atoms with van der Waals surface area (Å²) >= 11 is 0. The predicted octanol–water partition coefficient (Wildman–Crippen LogP) is 4.41. The fourth-order valence-electron chi connectivity index (χ4n) is 2.90. The number of nitrogens with zero attached hydrogens (tertiary/aromatic N) is 1. The standard InChI is InChI=1S/C23H31N3O2/c1-6-17(3)20-9-7-8-10-21(20)25-23(28)18(4)26(5)15-22(27)24-19-13-11-16(2)12-14-19/h7-14,17-18H,6,15H2,1-5H3,(H,24,27)(H,25,28)/t17-,18+/m1/s1. The summed E-state index contributed by atoms with van der Waals surface area (Å²) in [5, 5.41) is 5.89. The molecular weight excluding hydrogens is 350 g/mol. The van der Waals surface area contributed by atoms with Crippen LogP contribution in [-0.2, 0) is 9.59 Å². The summed E-state index contributed by atoms with van der Waals surface area (Å²) in [6, 6.07) is 15.1. The Bertz CT molecular complexity index is 802. The maximum absolute atomic E-state index is 12.7. The van der Waals surface area contributed by atoms with Crippen molar-refractivity contribution < 1.29 is 9.59 Å². The zero-order valence-electron chi connectivity index (χ0n) is 17.5. The van der Waals surface area contributed by atoms with E-state index in [2.05, 4.69) is 24.5 Å². The average Bonchev–Trinajstić information content (AvgIpc) is 2.68. The van der Waals surface area contributed by atoms with Gasteiger partial charge in [-0.15, -0.1) is 0 Å². The van der Waals surface area contributed by atoms with Gasteiger partial charge in [0.2, 0.25) is 11.8 Å². The van der Waals surface area contributed by atoms with E-state index >= 15 is 0 Å². The van der Waals surface area contributed by atoms with Crippen molar-refractivity contribution in [1.82, 2.24) is 4.90 Å². The third kappa shape index (κ3) is 5.92. The summed E-state index contributed by atoms with van der Waals surface area (Å²) in [4.78, 5) is 26.7. The highest BCUT2D eigenvalue weighted by Gasteiger charge is 2.21. The maximum Gasteiger partial charge on any atom is 0.241 e. The molecule has 0 radical (unpaired) electrons. The Balaban J connectivity index is 1.95. The second kappa shape index (κ2) is 10.0. The maximum atomic E-state index is 12.7. The van der Waals surface area contributed by atoms with Crippen molar-refractivity contribution >= 4 is 23.2 Å². The second-order valence-electron chi connectivity index (χ2n) is 7.39. The van der Waals surface area contributed by atoms with Gasteiger partial charge in [0.25, 0.3) is 0 Å². The van der Waals surface area contributed by atoms with Crippen molar-refractivity contribution in [2.24, 2.45) is 0 Å². The summed E-state index contributed by atoms with van der Waals surface area (Å²) in [7, 11) is 1.78. The number of aryl methyl sites for hydroxylation is 1. The molecule has 0 aromatic heterocycles. The van der Waals surface area contributed by atoms with E-state index in [0.717, 1.165) is 28.9 Å². The van der Waals surface area contributed by atoms with E-state index in [4.69, 9.17) is 0 Å². The molecule has 0 spiro atoms. The minimum Gasteiger partial charge on any atom is -0.325 e. The molecular formula is C23H31N3O2. The van der Waals surface area contributed by atoms with Crippen molar-refractivity contribution in [2.45, 2.75) is 46.1 Å². The Morgan fingerprint density at radius 2 is 1.64 bits per heavy atom. The first-order valence-electron chi connectivity index (χ1n) is 9.78. The second-order valence-corrected chi connectivity index (χ2v) is 7.39. The van der Waals surface area contributed by atoms with Gasteiger partial charge in [0.15, 0.2) is 0 Å². The molecule has 2 amide bonds. The van der Waals surface area contributed by atoms with Gasteiger partial charge in [-0.05, 0) is 57.0 Å². The van der Waals surface area contributed by atoms with Gasteiger partial charge in [-0.2, -0.15) is 0 Å². The van der Waals surface area contributed by atoms with E-state index < -0.39 is 6.04 Å². The summed E-state index contributed by atoms with van der Waals surface area (Å²) in [5.74, 6) is 0.0946. The van der Waals surface area contributed by atoms with Crippen LogP contribution in [0.5, 0.6) is 0 Å². The van der Waals surface area contributed by atoms with E-state index in [1.807, 2.05) is 55.5 Å². The molecule has 150 valence electrons. The molecule has 0 saturated carbocycles. The van der Waals surface area contributed by atoms with Crippen molar-refractivity contribution in [2.75, 3.05) is 24.2 Å². The van der Waals surface area contributed by atoms with Crippen molar-refractivity contribution in [1.29, 1.82) is 0 Å². The van der Waals surface area contributed by atoms with E-state index in [-0.39, 0.29) is 18.4 Å². The molecule has 0 heterocycles. The first-order chi connectivity index (χ1) is 13.3. The van der Waals surface area contributed by atoms with Gasteiger partial charge < -0.3 is 10.6 Å². The van der Waals surface area contributed by atoms with Crippen LogP contribution in [0, 0.1) is 6.92 Å². The minimum absolute atomic E-state index is 0.124. The molecule has 0 bridgehead atoms. The Kier molecular flexibility index (Phi) is 7.76. The summed E-state index contributed by atoms with van der Waals surface area (Å²) in [5.41, 5.74) is 3.86. The number of likely N-dealkylation sites (N-methyl/N-ethyl adjacent to an activating group) is 1. The van der Waals surface area contributed by atoms with Gasteiger partial charge >= 0.3 is 0 Å². The molecule has 0 unspecified atom stereocenters. The zero-order valence-corrected chi connectivity index (χ0v) is 17.5. The van der Waals surface area contributed by atoms with E-state index in [1.165, 1.54) is 0 Å². The Hall–Kier alpha value is -2.66. The van der Waals surface area contributed by atoms with Gasteiger partial charge in [-0.1, -0.05) is 49.7 Å². The molecule has 2 rings (SSSR count). The Morgan fingerprint density at radius 1 is 1.00 bits per heavy atom. The normalized spacial score (nSPS) is 13.1. The topological polar surface area (TPSA) is 61.4 Å². The van der Waals surface area contributed by atoms with Crippen LogP contribution in [-0.4, -0.2) is 36.3 Å². The predicted molar refractivity (Wildman–Crippen MR) is 116 cm³/mol. The highest BCUT2D eigenvalue weighted by atomic mass is 16.2. The lowest BCUT2D eigenvalue weighted by atomic mass is 9.97. The molecule has 0 aliphatic heterocycles. The highest BCUT2D eigenvalue weighted by Crippen LogP contribution is 2.26. The van der Waals surface area contributed by atoms with Crippen LogP contribution in [0.25, 0.3) is 0 Å². The number of carbonyl (C=O) groups excluding carboxylic acids is 2. The zero-order chi connectivity index (χ0) is 20.7. The number of hydrogen-bond donors (Lipinski definition) is 2. The lowest BCUT2D eigenvalue weighted by Gasteiger charge is -2.24. The van der Waals surface area contributed by atoms with Crippen molar-refractivity contribution in [3.05, 3.63) is 59.7 Å². The molecule has 5 heteroatoms. The van der Waals surface area contributed by atoms with Crippen molar-refractivity contribution in [3.8, 4) is 0 Å². The highest BCUT2D eigenvalue weighted by molar-refractivity contribution is 5.96. The van der Waals surface area contributed by atoms with Crippen LogP contribution in [0.15, 0.2) is 48.5 Å². The number of para-hydroxylation sites is 1. The third-order valence-electron chi connectivity index (χ3n) is 5.13. The van der Waals surface area contributed by atoms with E-state index in [1.54, 1.807) is 18.9 Å². The fraction of sp³-hybridized carbons (Fsp3) is 0.391. The smallest absolute Gasteiger partial charge is 0.241 e. The third-order valence-corrected chi connectivity index (χ3v) is 5.13. The molecule has 2 atom stereocenters. The first kappa shape index (κ1) is 21.6. The number of benzene rings is 2. The Labute approximate surface area is 168 Å². The number of hydrogen-bond acceptors (Lipinski definition) is 3. The number of carbonyl (C=O) groups is 2. The van der Waals surface area contributed by atoms with Gasteiger partial charge in [0.05, 0.1) is 12.6 Å².